The lowest BCUT2D eigenvalue weighted by atomic mass is 10.2. The van der Waals surface area contributed by atoms with Gasteiger partial charge in [-0.1, -0.05) is 23.7 Å². The molecule has 1 aromatic heterocycles. The quantitative estimate of drug-likeness (QED) is 0.770. The first kappa shape index (κ1) is 9.48. The third-order valence-corrected chi connectivity index (χ3v) is 3.07. The standard InChI is InChI=1S/C8H5ClFNO2S/c9-6-3-1-2-5-7(14(10,12)13)4-11-8(5)6/h1-4,11H. The lowest BCUT2D eigenvalue weighted by Gasteiger charge is -1.93. The van der Waals surface area contributed by atoms with Crippen LogP contribution in [0.4, 0.5) is 3.89 Å². The van der Waals surface area contributed by atoms with E-state index in [0.29, 0.717) is 10.5 Å². The Labute approximate surface area is 84.7 Å². The summed E-state index contributed by atoms with van der Waals surface area (Å²) in [6.45, 7) is 0. The van der Waals surface area contributed by atoms with Gasteiger partial charge in [0.05, 0.1) is 10.5 Å². The largest absolute Gasteiger partial charge is 0.359 e. The molecule has 14 heavy (non-hydrogen) atoms. The van der Waals surface area contributed by atoms with Crippen LogP contribution < -0.4 is 0 Å². The summed E-state index contributed by atoms with van der Waals surface area (Å²) in [4.78, 5) is 2.23. The molecule has 2 aromatic rings. The van der Waals surface area contributed by atoms with Crippen LogP contribution in [-0.2, 0) is 10.2 Å². The fraction of sp³-hybridized carbons (Fsp3) is 0. The summed E-state index contributed by atoms with van der Waals surface area (Å²) in [5, 5.41) is 0.623. The number of benzene rings is 1. The van der Waals surface area contributed by atoms with Crippen LogP contribution in [0.15, 0.2) is 29.3 Å². The van der Waals surface area contributed by atoms with Crippen molar-refractivity contribution in [1.29, 1.82) is 0 Å². The van der Waals surface area contributed by atoms with E-state index < -0.39 is 10.2 Å². The Kier molecular flexibility index (Phi) is 2.01. The summed E-state index contributed by atoms with van der Waals surface area (Å²) < 4.78 is 34.1. The maximum atomic E-state index is 12.7. The molecule has 2 rings (SSSR count). The Bertz CT molecular complexity index is 590. The van der Waals surface area contributed by atoms with Crippen molar-refractivity contribution in [2.24, 2.45) is 0 Å². The zero-order valence-corrected chi connectivity index (χ0v) is 8.36. The lowest BCUT2D eigenvalue weighted by molar-refractivity contribution is 0.553. The van der Waals surface area contributed by atoms with E-state index >= 15 is 0 Å². The minimum atomic E-state index is -4.69. The third kappa shape index (κ3) is 1.38. The molecular weight excluding hydrogens is 229 g/mol. The summed E-state index contributed by atoms with van der Waals surface area (Å²) >= 11 is 5.77. The highest BCUT2D eigenvalue weighted by atomic mass is 35.5. The summed E-state index contributed by atoms with van der Waals surface area (Å²) in [5.41, 5.74) is 0.422. The van der Waals surface area contributed by atoms with Gasteiger partial charge in [0.2, 0.25) is 0 Å². The maximum Gasteiger partial charge on any atom is 0.334 e. The molecular formula is C8H5ClFNO2S. The van der Waals surface area contributed by atoms with Gasteiger partial charge in [0.25, 0.3) is 0 Å². The van der Waals surface area contributed by atoms with E-state index in [0.717, 1.165) is 6.20 Å². The van der Waals surface area contributed by atoms with Crippen LogP contribution in [0.2, 0.25) is 5.02 Å². The average Bonchev–Trinajstić information content (AvgIpc) is 2.47. The van der Waals surface area contributed by atoms with Crippen molar-refractivity contribution >= 4 is 32.7 Å². The number of rotatable bonds is 1. The maximum absolute atomic E-state index is 12.7. The van der Waals surface area contributed by atoms with Gasteiger partial charge in [-0.15, -0.1) is 3.89 Å². The van der Waals surface area contributed by atoms with E-state index in [1.54, 1.807) is 12.1 Å². The number of aromatic amines is 1. The SMILES string of the molecule is O=S(=O)(F)c1c[nH]c2c(Cl)cccc12. The molecule has 0 radical (unpaired) electrons. The fourth-order valence-electron chi connectivity index (χ4n) is 1.29. The molecule has 0 spiro atoms. The number of aromatic nitrogens is 1. The normalized spacial score (nSPS) is 12.1. The zero-order valence-electron chi connectivity index (χ0n) is 6.79. The van der Waals surface area contributed by atoms with Crippen LogP contribution in [0.5, 0.6) is 0 Å². The molecule has 3 nitrogen and oxygen atoms in total. The monoisotopic (exact) mass is 233 g/mol. The minimum Gasteiger partial charge on any atom is -0.359 e. The molecule has 0 amide bonds. The summed E-state index contributed by atoms with van der Waals surface area (Å²) in [5.74, 6) is 0. The zero-order chi connectivity index (χ0) is 10.3. The molecule has 1 aromatic carbocycles. The Hall–Kier alpha value is -1.07. The van der Waals surface area contributed by atoms with E-state index in [9.17, 15) is 12.3 Å². The second-order valence-corrected chi connectivity index (χ2v) is 4.48. The molecule has 0 fully saturated rings. The minimum absolute atomic E-state index is 0.264. The van der Waals surface area contributed by atoms with Gasteiger partial charge in [0.15, 0.2) is 0 Å². The third-order valence-electron chi connectivity index (χ3n) is 1.89. The van der Waals surface area contributed by atoms with E-state index in [2.05, 4.69) is 4.98 Å². The van der Waals surface area contributed by atoms with Crippen LogP contribution in [0.25, 0.3) is 10.9 Å². The Morgan fingerprint density at radius 3 is 2.71 bits per heavy atom. The molecule has 1 N–H and O–H groups in total. The highest BCUT2D eigenvalue weighted by molar-refractivity contribution is 7.86. The van der Waals surface area contributed by atoms with Gasteiger partial charge in [-0.05, 0) is 6.07 Å². The lowest BCUT2D eigenvalue weighted by Crippen LogP contribution is -1.88. The van der Waals surface area contributed by atoms with Crippen molar-refractivity contribution in [1.82, 2.24) is 4.98 Å². The van der Waals surface area contributed by atoms with Crippen molar-refractivity contribution in [2.75, 3.05) is 0 Å². The second kappa shape index (κ2) is 2.96. The summed E-state index contributed by atoms with van der Waals surface area (Å²) in [6.07, 6.45) is 1.09. The molecule has 0 aliphatic rings. The van der Waals surface area contributed by atoms with Crippen LogP contribution in [0.1, 0.15) is 0 Å². The van der Waals surface area contributed by atoms with Crippen molar-refractivity contribution in [3.63, 3.8) is 0 Å². The molecule has 74 valence electrons. The number of H-pyrrole nitrogens is 1. The van der Waals surface area contributed by atoms with E-state index in [1.165, 1.54) is 6.07 Å². The van der Waals surface area contributed by atoms with Gasteiger partial charge < -0.3 is 4.98 Å². The van der Waals surface area contributed by atoms with Crippen LogP contribution in [0, 0.1) is 0 Å². The number of halogens is 2. The molecule has 1 heterocycles. The van der Waals surface area contributed by atoms with Gasteiger partial charge in [-0.2, -0.15) is 8.42 Å². The molecule has 0 saturated carbocycles. The number of hydrogen-bond donors (Lipinski definition) is 1. The van der Waals surface area contributed by atoms with Crippen molar-refractivity contribution in [2.45, 2.75) is 4.90 Å². The average molecular weight is 234 g/mol. The highest BCUT2D eigenvalue weighted by Gasteiger charge is 2.18. The number of para-hydroxylation sites is 1. The van der Waals surface area contributed by atoms with Crippen LogP contribution in [0.3, 0.4) is 0 Å². The predicted molar refractivity (Wildman–Crippen MR) is 51.6 cm³/mol. The summed E-state index contributed by atoms with van der Waals surface area (Å²) in [7, 11) is -4.69. The molecule has 6 heteroatoms. The highest BCUT2D eigenvalue weighted by Crippen LogP contribution is 2.28. The Balaban J connectivity index is 2.90. The Morgan fingerprint density at radius 2 is 2.07 bits per heavy atom. The van der Waals surface area contributed by atoms with Gasteiger partial charge in [0.1, 0.15) is 4.90 Å². The molecule has 0 unspecified atom stereocenters. The van der Waals surface area contributed by atoms with Gasteiger partial charge >= 0.3 is 10.2 Å². The van der Waals surface area contributed by atoms with Crippen molar-refractivity contribution in [3.05, 3.63) is 29.4 Å². The van der Waals surface area contributed by atoms with Crippen LogP contribution in [-0.4, -0.2) is 13.4 Å². The first-order valence-electron chi connectivity index (χ1n) is 3.70. The predicted octanol–water partition coefficient (Wildman–Crippen LogP) is 2.48. The molecule has 0 saturated heterocycles. The number of nitrogens with one attached hydrogen (secondary N) is 1. The smallest absolute Gasteiger partial charge is 0.334 e. The van der Waals surface area contributed by atoms with Gasteiger partial charge in [0, 0.05) is 11.6 Å². The molecule has 0 atom stereocenters. The fourth-order valence-corrected chi connectivity index (χ4v) is 2.15. The van der Waals surface area contributed by atoms with E-state index in [-0.39, 0.29) is 10.3 Å². The second-order valence-electron chi connectivity index (χ2n) is 2.75. The van der Waals surface area contributed by atoms with Gasteiger partial charge in [-0.25, -0.2) is 0 Å². The first-order chi connectivity index (χ1) is 6.50. The van der Waals surface area contributed by atoms with E-state index in [4.69, 9.17) is 11.6 Å². The topological polar surface area (TPSA) is 49.9 Å². The summed E-state index contributed by atoms with van der Waals surface area (Å²) in [6, 6.07) is 4.65. The molecule has 0 aliphatic carbocycles. The first-order valence-corrected chi connectivity index (χ1v) is 5.46. The van der Waals surface area contributed by atoms with Crippen molar-refractivity contribution in [3.8, 4) is 0 Å². The number of fused-ring (bicyclic) bond motifs is 1. The van der Waals surface area contributed by atoms with Crippen LogP contribution >= 0.6 is 11.6 Å². The molecule has 0 aliphatic heterocycles. The van der Waals surface area contributed by atoms with Crippen molar-refractivity contribution < 1.29 is 12.3 Å². The Morgan fingerprint density at radius 1 is 1.36 bits per heavy atom. The molecule has 0 bridgehead atoms. The van der Waals surface area contributed by atoms with Gasteiger partial charge in [-0.3, -0.25) is 0 Å². The van der Waals surface area contributed by atoms with E-state index in [1.807, 2.05) is 0 Å². The number of hydrogen-bond acceptors (Lipinski definition) is 2.